The highest BCUT2D eigenvalue weighted by Crippen LogP contribution is 2.28. The molecule has 25 heavy (non-hydrogen) atoms. The van der Waals surface area contributed by atoms with Gasteiger partial charge in [-0.25, -0.2) is 9.50 Å². The monoisotopic (exact) mass is 330 g/mol. The zero-order chi connectivity index (χ0) is 16.8. The van der Waals surface area contributed by atoms with Gasteiger partial charge < -0.3 is 10.2 Å². The zero-order valence-corrected chi connectivity index (χ0v) is 13.9. The van der Waals surface area contributed by atoms with E-state index < -0.39 is 0 Å². The maximum absolute atomic E-state index is 4.59. The average Bonchev–Trinajstić information content (AvgIpc) is 3.03. The van der Waals surface area contributed by atoms with Crippen molar-refractivity contribution in [3.8, 4) is 11.1 Å². The number of nitrogens with zero attached hydrogens (tertiary/aromatic N) is 5. The molecule has 0 radical (unpaired) electrons. The lowest BCUT2D eigenvalue weighted by molar-refractivity contribution is 0.204. The molecule has 0 spiro atoms. The Morgan fingerprint density at radius 3 is 2.92 bits per heavy atom. The molecule has 6 nitrogen and oxygen atoms in total. The standard InChI is InChI=1S/C19H18N6/c1-24-11-15(12-24)22-19-21-10-18-16(6-8-25(18)23-19)13-4-5-17-14(9-13)3-2-7-20-17/h2-10,15H,11-12H2,1H3,(H,22,23). The van der Waals surface area contributed by atoms with Crippen molar-refractivity contribution in [3.05, 3.63) is 55.0 Å². The second-order valence-electron chi connectivity index (χ2n) is 6.61. The minimum Gasteiger partial charge on any atom is -0.348 e. The number of anilines is 1. The number of fused-ring (bicyclic) bond motifs is 2. The number of pyridine rings is 1. The molecule has 0 atom stereocenters. The average molecular weight is 330 g/mol. The topological polar surface area (TPSA) is 58.3 Å². The molecule has 1 aliphatic rings. The maximum atomic E-state index is 4.59. The molecule has 0 bridgehead atoms. The van der Waals surface area contributed by atoms with Gasteiger partial charge in [0.05, 0.1) is 23.3 Å². The van der Waals surface area contributed by atoms with Gasteiger partial charge in [0.1, 0.15) is 0 Å². The Labute approximate surface area is 145 Å². The van der Waals surface area contributed by atoms with E-state index in [2.05, 4.69) is 62.7 Å². The fraction of sp³-hybridized carbons (Fsp3) is 0.211. The molecule has 3 aromatic heterocycles. The van der Waals surface area contributed by atoms with Crippen molar-refractivity contribution >= 4 is 22.4 Å². The first-order valence-corrected chi connectivity index (χ1v) is 8.41. The van der Waals surface area contributed by atoms with Crippen LogP contribution in [0.3, 0.4) is 0 Å². The molecule has 0 amide bonds. The number of nitrogens with one attached hydrogen (secondary N) is 1. The highest BCUT2D eigenvalue weighted by Gasteiger charge is 2.23. The molecule has 0 aliphatic carbocycles. The third kappa shape index (κ3) is 2.51. The lowest BCUT2D eigenvalue weighted by Gasteiger charge is -2.36. The lowest BCUT2D eigenvalue weighted by Crippen LogP contribution is -2.52. The van der Waals surface area contributed by atoms with Gasteiger partial charge in [-0.2, -0.15) is 0 Å². The largest absolute Gasteiger partial charge is 0.348 e. The van der Waals surface area contributed by atoms with Crippen molar-refractivity contribution in [3.63, 3.8) is 0 Å². The van der Waals surface area contributed by atoms with Crippen LogP contribution in [0.2, 0.25) is 0 Å². The number of rotatable bonds is 3. The van der Waals surface area contributed by atoms with Crippen molar-refractivity contribution < 1.29 is 0 Å². The van der Waals surface area contributed by atoms with Crippen LogP contribution in [0.4, 0.5) is 5.95 Å². The van der Waals surface area contributed by atoms with Gasteiger partial charge >= 0.3 is 0 Å². The molecular formula is C19H18N6. The highest BCUT2D eigenvalue weighted by molar-refractivity contribution is 5.88. The fourth-order valence-corrected chi connectivity index (χ4v) is 3.43. The van der Waals surface area contributed by atoms with Gasteiger partial charge in [0.15, 0.2) is 0 Å². The van der Waals surface area contributed by atoms with Gasteiger partial charge in [0.2, 0.25) is 5.95 Å². The highest BCUT2D eigenvalue weighted by atomic mass is 15.3. The Morgan fingerprint density at radius 2 is 2.04 bits per heavy atom. The zero-order valence-electron chi connectivity index (χ0n) is 13.9. The summed E-state index contributed by atoms with van der Waals surface area (Å²) >= 11 is 0. The maximum Gasteiger partial charge on any atom is 0.241 e. The lowest BCUT2D eigenvalue weighted by atomic mass is 10.0. The first kappa shape index (κ1) is 14.4. The smallest absolute Gasteiger partial charge is 0.241 e. The van der Waals surface area contributed by atoms with Crippen LogP contribution in [-0.4, -0.2) is 50.7 Å². The van der Waals surface area contributed by atoms with E-state index in [4.69, 9.17) is 0 Å². The minimum atomic E-state index is 0.436. The van der Waals surface area contributed by atoms with E-state index in [0.29, 0.717) is 12.0 Å². The van der Waals surface area contributed by atoms with Crippen LogP contribution in [0, 0.1) is 0 Å². The Hall–Kier alpha value is -2.99. The molecule has 4 aromatic rings. The first-order valence-electron chi connectivity index (χ1n) is 8.41. The van der Waals surface area contributed by atoms with E-state index in [9.17, 15) is 0 Å². The van der Waals surface area contributed by atoms with E-state index >= 15 is 0 Å². The summed E-state index contributed by atoms with van der Waals surface area (Å²) in [5.41, 5.74) is 4.27. The molecule has 0 saturated carbocycles. The molecule has 1 aliphatic heterocycles. The van der Waals surface area contributed by atoms with Crippen LogP contribution in [0.1, 0.15) is 0 Å². The number of aromatic nitrogens is 4. The summed E-state index contributed by atoms with van der Waals surface area (Å²) in [7, 11) is 2.11. The van der Waals surface area contributed by atoms with Crippen molar-refractivity contribution in [1.29, 1.82) is 0 Å². The number of likely N-dealkylation sites (tertiary alicyclic amines) is 1. The van der Waals surface area contributed by atoms with Crippen LogP contribution < -0.4 is 5.32 Å². The predicted octanol–water partition coefficient (Wildman–Crippen LogP) is 2.67. The van der Waals surface area contributed by atoms with Crippen molar-refractivity contribution in [2.45, 2.75) is 6.04 Å². The van der Waals surface area contributed by atoms with Crippen LogP contribution >= 0.6 is 0 Å². The van der Waals surface area contributed by atoms with Crippen molar-refractivity contribution in [2.75, 3.05) is 25.5 Å². The van der Waals surface area contributed by atoms with Gasteiger partial charge in [-0.3, -0.25) is 4.98 Å². The van der Waals surface area contributed by atoms with Gasteiger partial charge in [-0.1, -0.05) is 12.1 Å². The van der Waals surface area contributed by atoms with Crippen molar-refractivity contribution in [2.24, 2.45) is 0 Å². The van der Waals surface area contributed by atoms with Crippen LogP contribution in [-0.2, 0) is 0 Å². The quantitative estimate of drug-likeness (QED) is 0.626. The van der Waals surface area contributed by atoms with Crippen LogP contribution in [0.25, 0.3) is 27.5 Å². The molecule has 5 rings (SSSR count). The number of likely N-dealkylation sites (N-methyl/N-ethyl adjacent to an activating group) is 1. The number of hydrogen-bond acceptors (Lipinski definition) is 5. The Morgan fingerprint density at radius 1 is 1.12 bits per heavy atom. The Kier molecular flexibility index (Phi) is 3.18. The SMILES string of the molecule is CN1CC(Nc2ncc3c(-c4ccc5ncccc5c4)ccn3n2)C1. The van der Waals surface area contributed by atoms with Gasteiger partial charge in [-0.15, -0.1) is 5.10 Å². The Balaban J connectivity index is 1.50. The summed E-state index contributed by atoms with van der Waals surface area (Å²) in [6.45, 7) is 2.06. The second kappa shape index (κ2) is 5.53. The molecule has 1 saturated heterocycles. The number of hydrogen-bond donors (Lipinski definition) is 1. The van der Waals surface area contributed by atoms with Crippen LogP contribution in [0.15, 0.2) is 55.0 Å². The second-order valence-corrected chi connectivity index (χ2v) is 6.61. The predicted molar refractivity (Wildman–Crippen MR) is 98.6 cm³/mol. The minimum absolute atomic E-state index is 0.436. The van der Waals surface area contributed by atoms with Gasteiger partial charge in [0, 0.05) is 36.4 Å². The van der Waals surface area contributed by atoms with E-state index in [1.54, 1.807) is 0 Å². The first-order chi connectivity index (χ1) is 12.3. The third-order valence-electron chi connectivity index (χ3n) is 4.73. The third-order valence-corrected chi connectivity index (χ3v) is 4.73. The number of benzene rings is 1. The van der Waals surface area contributed by atoms with Gasteiger partial charge in [-0.05, 0) is 36.9 Å². The molecule has 1 N–H and O–H groups in total. The van der Waals surface area contributed by atoms with Crippen LogP contribution in [0.5, 0.6) is 0 Å². The molecule has 6 heteroatoms. The summed E-state index contributed by atoms with van der Waals surface area (Å²) in [5.74, 6) is 0.676. The summed E-state index contributed by atoms with van der Waals surface area (Å²) < 4.78 is 1.89. The summed E-state index contributed by atoms with van der Waals surface area (Å²) in [4.78, 5) is 11.1. The summed E-state index contributed by atoms with van der Waals surface area (Å²) in [6.07, 6.45) is 5.69. The fourth-order valence-electron chi connectivity index (χ4n) is 3.43. The van der Waals surface area contributed by atoms with E-state index in [1.165, 1.54) is 0 Å². The summed E-state index contributed by atoms with van der Waals surface area (Å²) in [6, 6.07) is 12.9. The normalized spacial score (nSPS) is 15.6. The molecule has 4 heterocycles. The van der Waals surface area contributed by atoms with Crippen molar-refractivity contribution in [1.82, 2.24) is 24.5 Å². The molecular weight excluding hydrogens is 312 g/mol. The molecule has 1 aromatic carbocycles. The molecule has 1 fully saturated rings. The van der Waals surface area contributed by atoms with E-state index in [0.717, 1.165) is 40.6 Å². The Bertz CT molecular complexity index is 1060. The van der Waals surface area contributed by atoms with Gasteiger partial charge in [0.25, 0.3) is 0 Å². The van der Waals surface area contributed by atoms with E-state index in [1.807, 2.05) is 29.2 Å². The van der Waals surface area contributed by atoms with E-state index in [-0.39, 0.29) is 0 Å². The molecule has 0 unspecified atom stereocenters. The molecule has 124 valence electrons. The summed E-state index contributed by atoms with van der Waals surface area (Å²) in [5, 5.41) is 9.11.